The van der Waals surface area contributed by atoms with Crippen molar-refractivity contribution < 1.29 is 4.74 Å². The van der Waals surface area contributed by atoms with Crippen molar-refractivity contribution in [3.63, 3.8) is 0 Å². The number of hydrogen-bond donors (Lipinski definition) is 0. The molecule has 3 heterocycles. The van der Waals surface area contributed by atoms with Gasteiger partial charge in [-0.15, -0.1) is 0 Å². The third kappa shape index (κ3) is 2.96. The molecule has 0 unspecified atom stereocenters. The predicted molar refractivity (Wildman–Crippen MR) is 83.8 cm³/mol. The van der Waals surface area contributed by atoms with Crippen molar-refractivity contribution in [2.24, 2.45) is 11.8 Å². The van der Waals surface area contributed by atoms with Gasteiger partial charge in [-0.1, -0.05) is 0 Å². The van der Waals surface area contributed by atoms with E-state index in [1.165, 1.54) is 0 Å². The second-order valence-corrected chi connectivity index (χ2v) is 6.59. The Bertz CT molecular complexity index is 493. The summed E-state index contributed by atoms with van der Waals surface area (Å²) in [6.07, 6.45) is 2.00. The Morgan fingerprint density at radius 3 is 2.76 bits per heavy atom. The maximum atomic E-state index is 6.00. The van der Waals surface area contributed by atoms with Crippen molar-refractivity contribution in [3.8, 4) is 0 Å². The second-order valence-electron chi connectivity index (χ2n) is 6.59. The normalized spacial score (nSPS) is 28.2. The third-order valence-electron chi connectivity index (χ3n) is 4.46. The van der Waals surface area contributed by atoms with E-state index in [2.05, 4.69) is 39.9 Å². The van der Waals surface area contributed by atoms with Crippen LogP contribution in [0.15, 0.2) is 12.4 Å². The number of anilines is 2. The molecule has 6 heteroatoms. The highest BCUT2D eigenvalue weighted by Crippen LogP contribution is 2.35. The Balaban J connectivity index is 1.71. The molecular weight excluding hydrogens is 266 g/mol. The zero-order valence-corrected chi connectivity index (χ0v) is 13.4. The average Bonchev–Trinajstić information content (AvgIpc) is 3.00. The van der Waals surface area contributed by atoms with Crippen LogP contribution >= 0.6 is 0 Å². The van der Waals surface area contributed by atoms with E-state index in [1.54, 1.807) is 6.33 Å². The first kappa shape index (κ1) is 14.5. The van der Waals surface area contributed by atoms with Gasteiger partial charge in [0.15, 0.2) is 0 Å². The zero-order chi connectivity index (χ0) is 15.0. The quantitative estimate of drug-likeness (QED) is 0.807. The molecule has 3 atom stereocenters. The highest BCUT2D eigenvalue weighted by atomic mass is 16.5. The van der Waals surface area contributed by atoms with E-state index in [9.17, 15) is 0 Å². The van der Waals surface area contributed by atoms with Gasteiger partial charge in [0.1, 0.15) is 18.0 Å². The number of fused-ring (bicyclic) bond motifs is 1. The molecule has 0 amide bonds. The van der Waals surface area contributed by atoms with E-state index in [0.29, 0.717) is 17.9 Å². The summed E-state index contributed by atoms with van der Waals surface area (Å²) in [5, 5.41) is 0. The third-order valence-corrected chi connectivity index (χ3v) is 4.46. The number of hydrogen-bond acceptors (Lipinski definition) is 6. The van der Waals surface area contributed by atoms with Crippen molar-refractivity contribution in [1.29, 1.82) is 0 Å². The maximum Gasteiger partial charge on any atom is 0.134 e. The molecule has 1 aromatic rings. The summed E-state index contributed by atoms with van der Waals surface area (Å²) < 4.78 is 6.00. The number of rotatable bonds is 4. The van der Waals surface area contributed by atoms with E-state index in [0.717, 1.165) is 37.9 Å². The molecule has 0 radical (unpaired) electrons. The fourth-order valence-electron chi connectivity index (χ4n) is 3.40. The Labute approximate surface area is 126 Å². The monoisotopic (exact) mass is 291 g/mol. The van der Waals surface area contributed by atoms with E-state index < -0.39 is 0 Å². The van der Waals surface area contributed by atoms with Crippen LogP contribution in [-0.4, -0.2) is 75.4 Å². The molecule has 0 N–H and O–H groups in total. The van der Waals surface area contributed by atoms with Crippen LogP contribution in [0.5, 0.6) is 0 Å². The summed E-state index contributed by atoms with van der Waals surface area (Å²) in [6.45, 7) is 3.97. The van der Waals surface area contributed by atoms with Crippen molar-refractivity contribution in [1.82, 2.24) is 14.9 Å². The average molecular weight is 291 g/mol. The summed E-state index contributed by atoms with van der Waals surface area (Å²) in [6, 6.07) is 2.06. The molecular formula is C15H25N5O. The van der Waals surface area contributed by atoms with E-state index >= 15 is 0 Å². The van der Waals surface area contributed by atoms with Gasteiger partial charge in [-0.05, 0) is 14.1 Å². The van der Waals surface area contributed by atoms with Crippen molar-refractivity contribution in [3.05, 3.63) is 12.4 Å². The molecule has 2 saturated heterocycles. The van der Waals surface area contributed by atoms with Gasteiger partial charge in [-0.25, -0.2) is 9.97 Å². The van der Waals surface area contributed by atoms with Crippen molar-refractivity contribution in [2.75, 3.05) is 64.2 Å². The van der Waals surface area contributed by atoms with Gasteiger partial charge in [0.2, 0.25) is 0 Å². The van der Waals surface area contributed by atoms with Crippen molar-refractivity contribution >= 4 is 11.6 Å². The highest BCUT2D eigenvalue weighted by Gasteiger charge is 2.44. The Morgan fingerprint density at radius 1 is 1.24 bits per heavy atom. The fraction of sp³-hybridized carbons (Fsp3) is 0.733. The van der Waals surface area contributed by atoms with Gasteiger partial charge in [-0.3, -0.25) is 0 Å². The number of nitrogens with zero attached hydrogens (tertiary/aromatic N) is 5. The number of aromatic nitrogens is 2. The molecule has 6 nitrogen and oxygen atoms in total. The molecule has 0 saturated carbocycles. The molecule has 116 valence electrons. The molecule has 0 aliphatic carbocycles. The van der Waals surface area contributed by atoms with E-state index in [1.807, 2.05) is 19.0 Å². The summed E-state index contributed by atoms with van der Waals surface area (Å²) in [7, 11) is 8.27. The van der Waals surface area contributed by atoms with Crippen LogP contribution in [0.1, 0.15) is 0 Å². The Morgan fingerprint density at radius 2 is 2.05 bits per heavy atom. The minimum Gasteiger partial charge on any atom is -0.376 e. The predicted octanol–water partition coefficient (Wildman–Crippen LogP) is 0.555. The molecule has 3 rings (SSSR count). The molecule has 2 aliphatic heterocycles. The first-order valence-electron chi connectivity index (χ1n) is 7.55. The first-order chi connectivity index (χ1) is 10.0. The van der Waals surface area contributed by atoms with Crippen LogP contribution < -0.4 is 9.80 Å². The summed E-state index contributed by atoms with van der Waals surface area (Å²) in [5.74, 6) is 3.20. The minimum atomic E-state index is 0.354. The lowest BCUT2D eigenvalue weighted by molar-refractivity contribution is 0.110. The largest absolute Gasteiger partial charge is 0.376 e. The Kier molecular flexibility index (Phi) is 3.99. The smallest absolute Gasteiger partial charge is 0.134 e. The standard InChI is InChI=1S/C15H25N5O/c1-18(2)6-11-9-21-13-8-20(7-12(11)13)15-5-14(19(3)4)16-10-17-15/h5,10-13H,6-9H2,1-4H3/t11-,12-,13-/m1/s1. The van der Waals surface area contributed by atoms with Crippen LogP contribution in [0.4, 0.5) is 11.6 Å². The minimum absolute atomic E-state index is 0.354. The molecule has 1 aromatic heterocycles. The second kappa shape index (κ2) is 5.77. The van der Waals surface area contributed by atoms with Crippen LogP contribution in [0.2, 0.25) is 0 Å². The lowest BCUT2D eigenvalue weighted by Gasteiger charge is -2.23. The fourth-order valence-corrected chi connectivity index (χ4v) is 3.40. The molecule has 0 spiro atoms. The van der Waals surface area contributed by atoms with Gasteiger partial charge in [-0.2, -0.15) is 0 Å². The molecule has 2 fully saturated rings. The van der Waals surface area contributed by atoms with Gasteiger partial charge in [0, 0.05) is 51.6 Å². The van der Waals surface area contributed by atoms with Crippen molar-refractivity contribution in [2.45, 2.75) is 6.10 Å². The summed E-state index contributed by atoms with van der Waals surface area (Å²) in [4.78, 5) is 15.3. The van der Waals surface area contributed by atoms with Crippen LogP contribution in [0.25, 0.3) is 0 Å². The zero-order valence-electron chi connectivity index (χ0n) is 13.4. The van der Waals surface area contributed by atoms with Crippen LogP contribution in [0, 0.1) is 11.8 Å². The Hall–Kier alpha value is -1.40. The topological polar surface area (TPSA) is 44.7 Å². The SMILES string of the molecule is CN(C)C[C@@H]1CO[C@@H]2CN(c3cc(N(C)C)ncn3)C[C@H]12. The van der Waals surface area contributed by atoms with Gasteiger partial charge in [0.25, 0.3) is 0 Å². The van der Waals surface area contributed by atoms with Gasteiger partial charge >= 0.3 is 0 Å². The van der Waals surface area contributed by atoms with Crippen LogP contribution in [-0.2, 0) is 4.74 Å². The van der Waals surface area contributed by atoms with Gasteiger partial charge < -0.3 is 19.4 Å². The molecule has 0 aromatic carbocycles. The summed E-state index contributed by atoms with van der Waals surface area (Å²) >= 11 is 0. The first-order valence-corrected chi connectivity index (χ1v) is 7.55. The lowest BCUT2D eigenvalue weighted by atomic mass is 9.93. The number of ether oxygens (including phenoxy) is 1. The summed E-state index contributed by atoms with van der Waals surface area (Å²) in [5.41, 5.74) is 0. The van der Waals surface area contributed by atoms with Gasteiger partial charge in [0.05, 0.1) is 12.7 Å². The maximum absolute atomic E-state index is 6.00. The molecule has 21 heavy (non-hydrogen) atoms. The van der Waals surface area contributed by atoms with Crippen LogP contribution in [0.3, 0.4) is 0 Å². The van der Waals surface area contributed by atoms with E-state index in [4.69, 9.17) is 4.74 Å². The molecule has 0 bridgehead atoms. The highest BCUT2D eigenvalue weighted by molar-refractivity contribution is 5.50. The molecule has 2 aliphatic rings. The lowest BCUT2D eigenvalue weighted by Crippen LogP contribution is -2.30. The van der Waals surface area contributed by atoms with E-state index in [-0.39, 0.29) is 0 Å².